The third kappa shape index (κ3) is 3.71. The summed E-state index contributed by atoms with van der Waals surface area (Å²) >= 11 is 0. The Bertz CT molecular complexity index is 452. The second kappa shape index (κ2) is 7.80. The summed E-state index contributed by atoms with van der Waals surface area (Å²) in [4.78, 5) is 23.7. The van der Waals surface area contributed by atoms with Crippen molar-refractivity contribution < 1.29 is 19.4 Å². The van der Waals surface area contributed by atoms with Crippen LogP contribution in [0, 0.1) is 17.8 Å². The number of hydrogen-bond acceptors (Lipinski definition) is 3. The summed E-state index contributed by atoms with van der Waals surface area (Å²) in [5, 5.41) is 9.37. The van der Waals surface area contributed by atoms with Crippen molar-refractivity contribution >= 4 is 11.9 Å². The highest BCUT2D eigenvalue weighted by molar-refractivity contribution is 6.01. The van der Waals surface area contributed by atoms with Gasteiger partial charge in [0, 0.05) is 0 Å². The zero-order chi connectivity index (χ0) is 16.1. The van der Waals surface area contributed by atoms with Crippen LogP contribution in [0.25, 0.3) is 0 Å². The van der Waals surface area contributed by atoms with Gasteiger partial charge in [0.2, 0.25) is 0 Å². The third-order valence-electron chi connectivity index (χ3n) is 5.13. The van der Waals surface area contributed by atoms with Gasteiger partial charge in [-0.3, -0.25) is 0 Å². The van der Waals surface area contributed by atoms with Gasteiger partial charge >= 0.3 is 11.9 Å². The summed E-state index contributed by atoms with van der Waals surface area (Å²) in [6.07, 6.45) is 8.54. The highest BCUT2D eigenvalue weighted by Gasteiger charge is 2.48. The van der Waals surface area contributed by atoms with Gasteiger partial charge < -0.3 is 9.84 Å². The largest absolute Gasteiger partial charge is 0.478 e. The highest BCUT2D eigenvalue weighted by atomic mass is 16.5. The van der Waals surface area contributed by atoms with E-state index in [4.69, 9.17) is 4.74 Å². The van der Waals surface area contributed by atoms with Crippen LogP contribution in [0.2, 0.25) is 0 Å². The second-order valence-corrected chi connectivity index (χ2v) is 6.79. The summed E-state index contributed by atoms with van der Waals surface area (Å²) in [5.74, 6) is -0.789. The molecule has 2 aliphatic rings. The molecule has 4 heteroatoms. The maximum Gasteiger partial charge on any atom is 0.334 e. The fraction of sp³-hybridized carbons (Fsp3) is 0.778. The van der Waals surface area contributed by atoms with E-state index in [2.05, 4.69) is 13.8 Å². The SMILES string of the molecule is CCCCCCCCOC(=O)C1=C(C(=O)O)C2CC(C)C1C2. The quantitative estimate of drug-likeness (QED) is 0.517. The Morgan fingerprint density at radius 1 is 1.09 bits per heavy atom. The lowest BCUT2D eigenvalue weighted by Gasteiger charge is -2.21. The molecule has 0 aromatic rings. The molecule has 1 saturated carbocycles. The number of carboxylic acid groups (broad SMARTS) is 1. The van der Waals surface area contributed by atoms with E-state index in [1.54, 1.807) is 0 Å². The molecule has 0 aliphatic heterocycles. The molecular formula is C18H28O4. The molecule has 2 aliphatic carbocycles. The molecule has 0 aromatic heterocycles. The van der Waals surface area contributed by atoms with E-state index in [-0.39, 0.29) is 17.8 Å². The van der Waals surface area contributed by atoms with Crippen molar-refractivity contribution in [1.29, 1.82) is 0 Å². The van der Waals surface area contributed by atoms with Crippen LogP contribution in [-0.2, 0) is 14.3 Å². The van der Waals surface area contributed by atoms with E-state index in [1.165, 1.54) is 25.7 Å². The zero-order valence-electron chi connectivity index (χ0n) is 13.8. The van der Waals surface area contributed by atoms with E-state index in [0.717, 1.165) is 25.7 Å². The minimum Gasteiger partial charge on any atom is -0.478 e. The second-order valence-electron chi connectivity index (χ2n) is 6.79. The molecule has 0 heterocycles. The Balaban J connectivity index is 1.82. The molecule has 3 atom stereocenters. The van der Waals surface area contributed by atoms with E-state index in [0.29, 0.717) is 23.7 Å². The fourth-order valence-corrected chi connectivity index (χ4v) is 3.98. The van der Waals surface area contributed by atoms with Gasteiger partial charge in [-0.2, -0.15) is 0 Å². The summed E-state index contributed by atoms with van der Waals surface area (Å²) in [6.45, 7) is 4.70. The van der Waals surface area contributed by atoms with Crippen molar-refractivity contribution in [2.75, 3.05) is 6.61 Å². The van der Waals surface area contributed by atoms with Crippen LogP contribution < -0.4 is 0 Å². The van der Waals surface area contributed by atoms with Crippen LogP contribution in [0.3, 0.4) is 0 Å². The molecular weight excluding hydrogens is 280 g/mol. The van der Waals surface area contributed by atoms with Gasteiger partial charge in [0.1, 0.15) is 0 Å². The lowest BCUT2D eigenvalue weighted by atomic mass is 9.84. The lowest BCUT2D eigenvalue weighted by Crippen LogP contribution is -2.23. The Kier molecular flexibility index (Phi) is 6.04. The van der Waals surface area contributed by atoms with E-state index in [9.17, 15) is 14.7 Å². The van der Waals surface area contributed by atoms with Crippen molar-refractivity contribution in [3.05, 3.63) is 11.1 Å². The topological polar surface area (TPSA) is 63.6 Å². The maximum atomic E-state index is 12.3. The first-order valence-electron chi connectivity index (χ1n) is 8.70. The van der Waals surface area contributed by atoms with Gasteiger partial charge in [0.05, 0.1) is 17.8 Å². The summed E-state index contributed by atoms with van der Waals surface area (Å²) in [5.41, 5.74) is 0.790. The number of esters is 1. The number of carbonyl (C=O) groups is 2. The number of rotatable bonds is 9. The van der Waals surface area contributed by atoms with Crippen LogP contribution in [0.4, 0.5) is 0 Å². The first-order chi connectivity index (χ1) is 10.6. The molecule has 0 radical (unpaired) electrons. The smallest absolute Gasteiger partial charge is 0.334 e. The van der Waals surface area contributed by atoms with Crippen molar-refractivity contribution in [3.63, 3.8) is 0 Å². The molecule has 4 nitrogen and oxygen atoms in total. The number of fused-ring (bicyclic) bond motifs is 2. The van der Waals surface area contributed by atoms with Crippen LogP contribution in [0.1, 0.15) is 65.2 Å². The molecule has 1 N–H and O–H groups in total. The lowest BCUT2D eigenvalue weighted by molar-refractivity contribution is -0.141. The van der Waals surface area contributed by atoms with Crippen molar-refractivity contribution in [2.24, 2.45) is 17.8 Å². The van der Waals surface area contributed by atoms with Gasteiger partial charge in [0.15, 0.2) is 0 Å². The summed E-state index contributed by atoms with van der Waals surface area (Å²) < 4.78 is 5.35. The standard InChI is InChI=1S/C18H28O4/c1-3-4-5-6-7-8-9-22-18(21)16-14-11-13(10-12(14)2)15(16)17(19)20/h12-14H,3-11H2,1-2H3,(H,19,20). The Labute approximate surface area is 132 Å². The molecule has 2 bridgehead atoms. The van der Waals surface area contributed by atoms with Crippen LogP contribution in [0.15, 0.2) is 11.1 Å². The molecule has 22 heavy (non-hydrogen) atoms. The number of carbonyl (C=O) groups excluding carboxylic acids is 1. The van der Waals surface area contributed by atoms with Crippen molar-refractivity contribution in [2.45, 2.75) is 65.2 Å². The maximum absolute atomic E-state index is 12.3. The fourth-order valence-electron chi connectivity index (χ4n) is 3.98. The summed E-state index contributed by atoms with van der Waals surface area (Å²) in [6, 6.07) is 0. The third-order valence-corrected chi connectivity index (χ3v) is 5.13. The first-order valence-corrected chi connectivity index (χ1v) is 8.70. The first kappa shape index (κ1) is 17.0. The normalized spacial score (nSPS) is 26.5. The molecule has 2 rings (SSSR count). The Hall–Kier alpha value is -1.32. The molecule has 0 amide bonds. The molecule has 0 spiro atoms. The monoisotopic (exact) mass is 308 g/mol. The van der Waals surface area contributed by atoms with Gasteiger partial charge in [-0.15, -0.1) is 0 Å². The van der Waals surface area contributed by atoms with Crippen LogP contribution >= 0.6 is 0 Å². The molecule has 1 fully saturated rings. The number of carboxylic acids is 1. The number of unbranched alkanes of at least 4 members (excludes halogenated alkanes) is 5. The van der Waals surface area contributed by atoms with E-state index < -0.39 is 5.97 Å². The summed E-state index contributed by atoms with van der Waals surface area (Å²) in [7, 11) is 0. The van der Waals surface area contributed by atoms with Crippen LogP contribution in [-0.4, -0.2) is 23.7 Å². The van der Waals surface area contributed by atoms with Crippen molar-refractivity contribution in [1.82, 2.24) is 0 Å². The predicted molar refractivity (Wildman–Crippen MR) is 84.4 cm³/mol. The molecule has 0 aromatic carbocycles. The predicted octanol–water partition coefficient (Wildman–Crippen LogP) is 3.95. The number of hydrogen-bond donors (Lipinski definition) is 1. The number of aliphatic carboxylic acids is 1. The minimum atomic E-state index is -0.939. The molecule has 124 valence electrons. The van der Waals surface area contributed by atoms with Gasteiger partial charge in [-0.05, 0) is 37.0 Å². The van der Waals surface area contributed by atoms with Gasteiger partial charge in [-0.25, -0.2) is 9.59 Å². The van der Waals surface area contributed by atoms with E-state index in [1.807, 2.05) is 0 Å². The Morgan fingerprint density at radius 2 is 1.77 bits per heavy atom. The van der Waals surface area contributed by atoms with Crippen molar-refractivity contribution in [3.8, 4) is 0 Å². The van der Waals surface area contributed by atoms with Gasteiger partial charge in [0.25, 0.3) is 0 Å². The Morgan fingerprint density at radius 3 is 2.45 bits per heavy atom. The number of ether oxygens (including phenoxy) is 1. The average Bonchev–Trinajstić information content (AvgIpc) is 3.02. The van der Waals surface area contributed by atoms with Crippen LogP contribution in [0.5, 0.6) is 0 Å². The van der Waals surface area contributed by atoms with Gasteiger partial charge in [-0.1, -0.05) is 46.0 Å². The van der Waals surface area contributed by atoms with E-state index >= 15 is 0 Å². The average molecular weight is 308 g/mol. The molecule has 3 unspecified atom stereocenters. The highest BCUT2D eigenvalue weighted by Crippen LogP contribution is 2.52. The zero-order valence-corrected chi connectivity index (χ0v) is 13.8. The molecule has 0 saturated heterocycles. The minimum absolute atomic E-state index is 0.0501.